The van der Waals surface area contributed by atoms with Crippen LogP contribution < -0.4 is 4.72 Å². The van der Waals surface area contributed by atoms with E-state index in [0.717, 1.165) is 10.1 Å². The Morgan fingerprint density at radius 1 is 1.16 bits per heavy atom. The zero-order valence-corrected chi connectivity index (χ0v) is 16.7. The van der Waals surface area contributed by atoms with E-state index in [2.05, 4.69) is 30.8 Å². The van der Waals surface area contributed by atoms with E-state index < -0.39 is 10.0 Å². The molecule has 1 N–H and O–H groups in total. The zero-order chi connectivity index (χ0) is 18.0. The number of nitrogens with one attached hydrogen (secondary N) is 1. The molecule has 1 aromatic heterocycles. The van der Waals surface area contributed by atoms with Crippen molar-refractivity contribution in [2.24, 2.45) is 7.05 Å². The van der Waals surface area contributed by atoms with E-state index in [1.165, 1.54) is 11.8 Å². The van der Waals surface area contributed by atoms with E-state index >= 15 is 0 Å². The van der Waals surface area contributed by atoms with Gasteiger partial charge in [0.25, 0.3) is 10.0 Å². The highest BCUT2D eigenvalue weighted by Crippen LogP contribution is 2.28. The highest BCUT2D eigenvalue weighted by atomic mass is 79.9. The van der Waals surface area contributed by atoms with Gasteiger partial charge < -0.3 is 4.57 Å². The van der Waals surface area contributed by atoms with E-state index in [4.69, 9.17) is 0 Å². The zero-order valence-electron chi connectivity index (χ0n) is 13.5. The predicted molar refractivity (Wildman–Crippen MR) is 101 cm³/mol. The van der Waals surface area contributed by atoms with Crippen LogP contribution >= 0.6 is 27.7 Å². The van der Waals surface area contributed by atoms with Crippen LogP contribution in [0.4, 0.5) is 5.69 Å². The molecule has 0 saturated carbocycles. The maximum Gasteiger partial charge on any atom is 0.262 e. The van der Waals surface area contributed by atoms with Crippen molar-refractivity contribution in [1.29, 1.82) is 0 Å². The summed E-state index contributed by atoms with van der Waals surface area (Å²) in [6.07, 6.45) is 1.63. The van der Waals surface area contributed by atoms with E-state index in [1.807, 2.05) is 29.8 Å². The third-order valence-electron chi connectivity index (χ3n) is 3.43. The SMILES string of the molecule is Cc1ccc(Br)cc1S(=O)(=O)Nc1ccc(Sc2nncn2C)cc1. The number of hydrogen-bond acceptors (Lipinski definition) is 5. The lowest BCUT2D eigenvalue weighted by molar-refractivity contribution is 0.600. The first-order valence-corrected chi connectivity index (χ1v) is 10.4. The van der Waals surface area contributed by atoms with Crippen molar-refractivity contribution in [3.63, 3.8) is 0 Å². The Hall–Kier alpha value is -1.84. The van der Waals surface area contributed by atoms with E-state index in [0.29, 0.717) is 15.7 Å². The monoisotopic (exact) mass is 438 g/mol. The molecule has 25 heavy (non-hydrogen) atoms. The van der Waals surface area contributed by atoms with Crippen LogP contribution in [-0.4, -0.2) is 23.2 Å². The van der Waals surface area contributed by atoms with Crippen LogP contribution in [0.1, 0.15) is 5.56 Å². The summed E-state index contributed by atoms with van der Waals surface area (Å²) in [6, 6.07) is 12.3. The molecule has 6 nitrogen and oxygen atoms in total. The number of nitrogens with zero attached hydrogens (tertiary/aromatic N) is 3. The average molecular weight is 439 g/mol. The smallest absolute Gasteiger partial charge is 0.262 e. The second kappa shape index (κ2) is 7.19. The van der Waals surface area contributed by atoms with Crippen molar-refractivity contribution in [2.45, 2.75) is 21.9 Å². The molecule has 0 atom stereocenters. The van der Waals surface area contributed by atoms with Crippen LogP contribution in [0.25, 0.3) is 0 Å². The molecular weight excluding hydrogens is 424 g/mol. The van der Waals surface area contributed by atoms with Gasteiger partial charge in [-0.1, -0.05) is 22.0 Å². The number of rotatable bonds is 5. The Morgan fingerprint density at radius 3 is 2.52 bits per heavy atom. The predicted octanol–water partition coefficient (Wildman–Crippen LogP) is 3.84. The van der Waals surface area contributed by atoms with Gasteiger partial charge in [-0.05, 0) is 60.6 Å². The Bertz CT molecular complexity index is 1000. The van der Waals surface area contributed by atoms with Gasteiger partial charge in [-0.3, -0.25) is 4.72 Å². The normalized spacial score (nSPS) is 11.5. The standard InChI is InChI=1S/C16H15BrN4O2S2/c1-11-3-4-12(17)9-15(11)25(22,23)20-13-5-7-14(8-6-13)24-16-19-18-10-21(16)2/h3-10,20H,1-2H3. The summed E-state index contributed by atoms with van der Waals surface area (Å²) >= 11 is 4.76. The van der Waals surface area contributed by atoms with Gasteiger partial charge >= 0.3 is 0 Å². The van der Waals surface area contributed by atoms with Crippen LogP contribution in [-0.2, 0) is 17.1 Å². The van der Waals surface area contributed by atoms with Gasteiger partial charge in [0.15, 0.2) is 5.16 Å². The molecule has 0 aliphatic heterocycles. The third kappa shape index (κ3) is 4.23. The lowest BCUT2D eigenvalue weighted by Gasteiger charge is -2.11. The lowest BCUT2D eigenvalue weighted by Crippen LogP contribution is -2.14. The molecule has 0 spiro atoms. The first-order valence-electron chi connectivity index (χ1n) is 7.26. The summed E-state index contributed by atoms with van der Waals surface area (Å²) in [6.45, 7) is 1.77. The summed E-state index contributed by atoms with van der Waals surface area (Å²) in [5.41, 5.74) is 1.19. The number of aryl methyl sites for hydroxylation is 2. The Labute approximate surface area is 158 Å². The van der Waals surface area contributed by atoms with Crippen LogP contribution in [0.5, 0.6) is 0 Å². The van der Waals surface area contributed by atoms with Gasteiger partial charge in [-0.2, -0.15) is 0 Å². The van der Waals surface area contributed by atoms with Crippen molar-refractivity contribution < 1.29 is 8.42 Å². The Kier molecular flexibility index (Phi) is 5.16. The highest BCUT2D eigenvalue weighted by Gasteiger charge is 2.17. The molecule has 0 saturated heterocycles. The van der Waals surface area contributed by atoms with E-state index in [9.17, 15) is 8.42 Å². The highest BCUT2D eigenvalue weighted by molar-refractivity contribution is 9.10. The second-order valence-corrected chi connectivity index (χ2v) is 8.97. The fraction of sp³-hybridized carbons (Fsp3) is 0.125. The molecule has 0 bridgehead atoms. The number of hydrogen-bond donors (Lipinski definition) is 1. The van der Waals surface area contributed by atoms with Crippen molar-refractivity contribution in [3.8, 4) is 0 Å². The van der Waals surface area contributed by atoms with Gasteiger partial charge in [0.2, 0.25) is 0 Å². The molecule has 0 aliphatic carbocycles. The lowest BCUT2D eigenvalue weighted by atomic mass is 10.2. The molecule has 0 unspecified atom stereocenters. The quantitative estimate of drug-likeness (QED) is 0.654. The summed E-state index contributed by atoms with van der Waals surface area (Å²) in [7, 11) is -1.78. The minimum atomic E-state index is -3.65. The molecule has 1 heterocycles. The number of aromatic nitrogens is 3. The largest absolute Gasteiger partial charge is 0.311 e. The fourth-order valence-electron chi connectivity index (χ4n) is 2.14. The summed E-state index contributed by atoms with van der Waals surface area (Å²) < 4.78 is 30.3. The van der Waals surface area contributed by atoms with Crippen molar-refractivity contribution >= 4 is 43.4 Å². The second-order valence-electron chi connectivity index (χ2n) is 5.37. The topological polar surface area (TPSA) is 76.9 Å². The molecule has 0 radical (unpaired) electrons. The Morgan fingerprint density at radius 2 is 1.88 bits per heavy atom. The summed E-state index contributed by atoms with van der Waals surface area (Å²) in [4.78, 5) is 1.19. The molecule has 2 aromatic carbocycles. The maximum atomic E-state index is 12.6. The molecule has 0 amide bonds. The molecule has 3 rings (SSSR count). The van der Waals surface area contributed by atoms with E-state index in [1.54, 1.807) is 37.5 Å². The first-order chi connectivity index (χ1) is 11.8. The fourth-order valence-corrected chi connectivity index (χ4v) is 4.74. The molecule has 0 fully saturated rings. The van der Waals surface area contributed by atoms with Gasteiger partial charge in [0.1, 0.15) is 6.33 Å². The van der Waals surface area contributed by atoms with Gasteiger partial charge in [0, 0.05) is 22.1 Å². The molecule has 3 aromatic rings. The van der Waals surface area contributed by atoms with Crippen LogP contribution in [0.15, 0.2) is 68.2 Å². The number of benzene rings is 2. The summed E-state index contributed by atoms with van der Waals surface area (Å²) in [5, 5.41) is 8.60. The molecule has 9 heteroatoms. The van der Waals surface area contributed by atoms with Gasteiger partial charge in [-0.25, -0.2) is 8.42 Å². The van der Waals surface area contributed by atoms with Crippen molar-refractivity contribution in [3.05, 3.63) is 58.8 Å². The third-order valence-corrected chi connectivity index (χ3v) is 6.50. The van der Waals surface area contributed by atoms with Crippen molar-refractivity contribution in [1.82, 2.24) is 14.8 Å². The number of sulfonamides is 1. The van der Waals surface area contributed by atoms with Crippen molar-refractivity contribution in [2.75, 3.05) is 4.72 Å². The Balaban J connectivity index is 1.79. The van der Waals surface area contributed by atoms with Crippen LogP contribution in [0, 0.1) is 6.92 Å². The van der Waals surface area contributed by atoms with Crippen LogP contribution in [0.2, 0.25) is 0 Å². The van der Waals surface area contributed by atoms with E-state index in [-0.39, 0.29) is 4.90 Å². The minimum Gasteiger partial charge on any atom is -0.311 e. The molecule has 130 valence electrons. The molecule has 0 aliphatic rings. The summed E-state index contributed by atoms with van der Waals surface area (Å²) in [5.74, 6) is 0. The van der Waals surface area contributed by atoms with Crippen LogP contribution in [0.3, 0.4) is 0 Å². The van der Waals surface area contributed by atoms with Gasteiger partial charge in [-0.15, -0.1) is 10.2 Å². The number of halogens is 1. The molecular formula is C16H15BrN4O2S2. The minimum absolute atomic E-state index is 0.249. The first kappa shape index (κ1) is 18.0. The van der Waals surface area contributed by atoms with Gasteiger partial charge in [0.05, 0.1) is 4.90 Å². The number of anilines is 1. The average Bonchev–Trinajstić information content (AvgIpc) is 2.96. The maximum absolute atomic E-state index is 12.6.